The molecule has 3 N–H and O–H groups in total. The highest BCUT2D eigenvalue weighted by Gasteiger charge is 2.03. The maximum Gasteiger partial charge on any atom is 0.252 e. The van der Waals surface area contributed by atoms with Crippen LogP contribution in [0.2, 0.25) is 0 Å². The van der Waals surface area contributed by atoms with Crippen LogP contribution in [-0.2, 0) is 13.0 Å². The van der Waals surface area contributed by atoms with Crippen LogP contribution in [0.4, 0.5) is 0 Å². The lowest BCUT2D eigenvalue weighted by molar-refractivity contribution is 1.03. The molecule has 0 bridgehead atoms. The van der Waals surface area contributed by atoms with Crippen LogP contribution in [0, 0.1) is 0 Å². The quantitative estimate of drug-likeness (QED) is 0.776. The Labute approximate surface area is 87.9 Å². The van der Waals surface area contributed by atoms with Crippen molar-refractivity contribution >= 4 is 10.9 Å². The van der Waals surface area contributed by atoms with Gasteiger partial charge in [0.15, 0.2) is 0 Å². The van der Waals surface area contributed by atoms with E-state index in [1.165, 1.54) is 0 Å². The summed E-state index contributed by atoms with van der Waals surface area (Å²) in [7, 11) is 0. The van der Waals surface area contributed by atoms with E-state index in [-0.39, 0.29) is 12.1 Å². The first-order valence-corrected chi connectivity index (χ1v) is 5.10. The Bertz CT molecular complexity index is 543. The lowest BCUT2D eigenvalue weighted by Gasteiger charge is -2.05. The molecular weight excluding hydrogens is 188 g/mol. The summed E-state index contributed by atoms with van der Waals surface area (Å²) in [6.45, 7) is 2.35. The Balaban J connectivity index is 2.80. The molecule has 0 saturated heterocycles. The zero-order valence-corrected chi connectivity index (χ0v) is 8.71. The SMILES string of the molecule is CCc1cccc2cc(CN)c(=O)[nH]c12. The number of aromatic nitrogens is 1. The van der Waals surface area contributed by atoms with E-state index in [2.05, 4.69) is 11.9 Å². The van der Waals surface area contributed by atoms with Gasteiger partial charge in [0.1, 0.15) is 0 Å². The number of aryl methyl sites for hydroxylation is 1. The number of benzene rings is 1. The Morgan fingerprint density at radius 1 is 1.33 bits per heavy atom. The molecule has 2 aromatic rings. The number of rotatable bonds is 2. The normalized spacial score (nSPS) is 10.8. The summed E-state index contributed by atoms with van der Waals surface area (Å²) in [4.78, 5) is 14.5. The molecule has 15 heavy (non-hydrogen) atoms. The van der Waals surface area contributed by atoms with Gasteiger partial charge in [-0.3, -0.25) is 4.79 Å². The van der Waals surface area contributed by atoms with Gasteiger partial charge in [-0.05, 0) is 23.4 Å². The van der Waals surface area contributed by atoms with Crippen LogP contribution in [0.5, 0.6) is 0 Å². The predicted octanol–water partition coefficient (Wildman–Crippen LogP) is 1.55. The van der Waals surface area contributed by atoms with Crippen LogP contribution in [0.25, 0.3) is 10.9 Å². The molecule has 0 saturated carbocycles. The van der Waals surface area contributed by atoms with Crippen molar-refractivity contribution in [2.75, 3.05) is 0 Å². The van der Waals surface area contributed by atoms with Gasteiger partial charge in [0.2, 0.25) is 0 Å². The summed E-state index contributed by atoms with van der Waals surface area (Å²) >= 11 is 0. The van der Waals surface area contributed by atoms with E-state index >= 15 is 0 Å². The molecule has 0 fully saturated rings. The minimum Gasteiger partial charge on any atom is -0.326 e. The van der Waals surface area contributed by atoms with Crippen LogP contribution in [-0.4, -0.2) is 4.98 Å². The highest BCUT2D eigenvalue weighted by atomic mass is 16.1. The number of fused-ring (bicyclic) bond motifs is 1. The van der Waals surface area contributed by atoms with Gasteiger partial charge in [0.05, 0.1) is 5.52 Å². The predicted molar refractivity (Wildman–Crippen MR) is 61.8 cm³/mol. The second kappa shape index (κ2) is 3.87. The number of H-pyrrole nitrogens is 1. The molecule has 0 radical (unpaired) electrons. The molecular formula is C12H14N2O. The monoisotopic (exact) mass is 202 g/mol. The van der Waals surface area contributed by atoms with Gasteiger partial charge in [-0.1, -0.05) is 25.1 Å². The van der Waals surface area contributed by atoms with E-state index < -0.39 is 0 Å². The lowest BCUT2D eigenvalue weighted by atomic mass is 10.1. The third-order valence-electron chi connectivity index (χ3n) is 2.64. The van der Waals surface area contributed by atoms with E-state index in [1.807, 2.05) is 24.3 Å². The molecule has 1 aromatic heterocycles. The summed E-state index contributed by atoms with van der Waals surface area (Å²) in [6.07, 6.45) is 0.912. The third kappa shape index (κ3) is 1.66. The van der Waals surface area contributed by atoms with Crippen LogP contribution < -0.4 is 11.3 Å². The number of pyridine rings is 1. The summed E-state index contributed by atoms with van der Waals surface area (Å²) < 4.78 is 0. The topological polar surface area (TPSA) is 58.9 Å². The number of nitrogens with one attached hydrogen (secondary N) is 1. The average molecular weight is 202 g/mol. The lowest BCUT2D eigenvalue weighted by Crippen LogP contribution is -2.16. The summed E-state index contributed by atoms with van der Waals surface area (Å²) in [5.74, 6) is 0. The number of nitrogens with two attached hydrogens (primary N) is 1. The van der Waals surface area contributed by atoms with E-state index in [4.69, 9.17) is 5.73 Å². The van der Waals surface area contributed by atoms with Gasteiger partial charge in [-0.2, -0.15) is 0 Å². The van der Waals surface area contributed by atoms with Gasteiger partial charge in [0.25, 0.3) is 5.56 Å². The van der Waals surface area contributed by atoms with Crippen molar-refractivity contribution < 1.29 is 0 Å². The second-order valence-corrected chi connectivity index (χ2v) is 3.56. The molecule has 0 aliphatic carbocycles. The molecule has 3 heteroatoms. The molecule has 2 rings (SSSR count). The standard InChI is InChI=1S/C12H14N2O/c1-2-8-4-3-5-9-6-10(7-13)12(15)14-11(8)9/h3-6H,2,7,13H2,1H3,(H,14,15). The highest BCUT2D eigenvalue weighted by Crippen LogP contribution is 2.16. The zero-order chi connectivity index (χ0) is 10.8. The second-order valence-electron chi connectivity index (χ2n) is 3.56. The van der Waals surface area contributed by atoms with Crippen molar-refractivity contribution in [2.24, 2.45) is 5.73 Å². The maximum absolute atomic E-state index is 11.6. The Kier molecular flexibility index (Phi) is 2.56. The molecule has 0 atom stereocenters. The van der Waals surface area contributed by atoms with Crippen molar-refractivity contribution in [2.45, 2.75) is 19.9 Å². The minimum atomic E-state index is -0.0779. The van der Waals surface area contributed by atoms with Gasteiger partial charge in [-0.25, -0.2) is 0 Å². The van der Waals surface area contributed by atoms with E-state index in [0.29, 0.717) is 5.56 Å². The van der Waals surface area contributed by atoms with Crippen LogP contribution in [0.3, 0.4) is 0 Å². The Morgan fingerprint density at radius 3 is 2.80 bits per heavy atom. The van der Waals surface area contributed by atoms with Gasteiger partial charge < -0.3 is 10.7 Å². The number of hydrogen-bond donors (Lipinski definition) is 2. The molecule has 0 spiro atoms. The van der Waals surface area contributed by atoms with Crippen molar-refractivity contribution in [3.8, 4) is 0 Å². The van der Waals surface area contributed by atoms with Crippen molar-refractivity contribution in [3.05, 3.63) is 45.7 Å². The van der Waals surface area contributed by atoms with Gasteiger partial charge >= 0.3 is 0 Å². The highest BCUT2D eigenvalue weighted by molar-refractivity contribution is 5.82. The molecule has 78 valence electrons. The molecule has 1 heterocycles. The van der Waals surface area contributed by atoms with Crippen molar-refractivity contribution in [1.29, 1.82) is 0 Å². The molecule has 3 nitrogen and oxygen atoms in total. The molecule has 1 aromatic carbocycles. The largest absolute Gasteiger partial charge is 0.326 e. The average Bonchev–Trinajstić information content (AvgIpc) is 2.27. The zero-order valence-electron chi connectivity index (χ0n) is 8.71. The Morgan fingerprint density at radius 2 is 2.13 bits per heavy atom. The first-order chi connectivity index (χ1) is 7.26. The Hall–Kier alpha value is -1.61. The minimum absolute atomic E-state index is 0.0779. The molecule has 0 aliphatic heterocycles. The first-order valence-electron chi connectivity index (χ1n) is 5.10. The van der Waals surface area contributed by atoms with E-state index in [0.717, 1.165) is 22.9 Å². The number of para-hydroxylation sites is 1. The third-order valence-corrected chi connectivity index (χ3v) is 2.64. The van der Waals surface area contributed by atoms with Crippen LogP contribution >= 0.6 is 0 Å². The number of aromatic amines is 1. The first kappa shape index (κ1) is 9.93. The fourth-order valence-corrected chi connectivity index (χ4v) is 1.79. The fourth-order valence-electron chi connectivity index (χ4n) is 1.79. The van der Waals surface area contributed by atoms with Gasteiger partial charge in [0, 0.05) is 12.1 Å². The van der Waals surface area contributed by atoms with E-state index in [1.54, 1.807) is 0 Å². The smallest absolute Gasteiger partial charge is 0.252 e. The summed E-state index contributed by atoms with van der Waals surface area (Å²) in [6, 6.07) is 7.89. The molecule has 0 amide bonds. The molecule has 0 aliphatic rings. The van der Waals surface area contributed by atoms with Gasteiger partial charge in [-0.15, -0.1) is 0 Å². The van der Waals surface area contributed by atoms with Crippen molar-refractivity contribution in [3.63, 3.8) is 0 Å². The number of hydrogen-bond acceptors (Lipinski definition) is 2. The summed E-state index contributed by atoms with van der Waals surface area (Å²) in [5, 5.41) is 1.05. The maximum atomic E-state index is 11.6. The van der Waals surface area contributed by atoms with Crippen LogP contribution in [0.1, 0.15) is 18.1 Å². The van der Waals surface area contributed by atoms with E-state index in [9.17, 15) is 4.79 Å². The van der Waals surface area contributed by atoms with Crippen LogP contribution in [0.15, 0.2) is 29.1 Å². The summed E-state index contributed by atoms with van der Waals surface area (Å²) in [5.41, 5.74) is 8.14. The molecule has 0 unspecified atom stereocenters. The van der Waals surface area contributed by atoms with Crippen molar-refractivity contribution in [1.82, 2.24) is 4.98 Å². The fraction of sp³-hybridized carbons (Fsp3) is 0.250.